The van der Waals surface area contributed by atoms with E-state index in [9.17, 15) is 9.59 Å². The molecular formula is C20H25N3O3S. The summed E-state index contributed by atoms with van der Waals surface area (Å²) >= 11 is 1.53. The lowest BCUT2D eigenvalue weighted by atomic mass is 9.95. The molecule has 0 radical (unpaired) electrons. The summed E-state index contributed by atoms with van der Waals surface area (Å²) in [5.41, 5.74) is 2.22. The molecule has 3 rings (SSSR count). The largest absolute Gasteiger partial charge is 0.385 e. The fourth-order valence-corrected chi connectivity index (χ4v) is 4.51. The molecule has 144 valence electrons. The number of ether oxygens (including phenoxy) is 1. The lowest BCUT2D eigenvalue weighted by molar-refractivity contribution is 0.0951. The number of nitrogens with one attached hydrogen (secondary N) is 2. The van der Waals surface area contributed by atoms with Gasteiger partial charge in [-0.05, 0) is 56.2 Å². The van der Waals surface area contributed by atoms with Crippen LogP contribution in [0.15, 0.2) is 24.5 Å². The molecule has 27 heavy (non-hydrogen) atoms. The molecule has 2 amide bonds. The van der Waals surface area contributed by atoms with Crippen molar-refractivity contribution in [2.24, 2.45) is 0 Å². The van der Waals surface area contributed by atoms with E-state index in [0.717, 1.165) is 44.1 Å². The highest BCUT2D eigenvalue weighted by Crippen LogP contribution is 2.38. The average molecular weight is 388 g/mol. The fourth-order valence-electron chi connectivity index (χ4n) is 3.23. The maximum absolute atomic E-state index is 12.8. The molecule has 0 fully saturated rings. The molecule has 0 spiro atoms. The summed E-state index contributed by atoms with van der Waals surface area (Å²) in [7, 11) is 1.67. The number of rotatable bonds is 8. The normalized spacial score (nSPS) is 13.1. The van der Waals surface area contributed by atoms with Gasteiger partial charge in [0.2, 0.25) is 0 Å². The van der Waals surface area contributed by atoms with Gasteiger partial charge in [-0.2, -0.15) is 0 Å². The number of pyridine rings is 1. The van der Waals surface area contributed by atoms with E-state index < -0.39 is 0 Å². The van der Waals surface area contributed by atoms with Crippen LogP contribution in [0.1, 0.15) is 56.8 Å². The van der Waals surface area contributed by atoms with E-state index >= 15 is 0 Å². The van der Waals surface area contributed by atoms with Gasteiger partial charge in [0.25, 0.3) is 11.8 Å². The topological polar surface area (TPSA) is 80.3 Å². The van der Waals surface area contributed by atoms with Gasteiger partial charge in [0.15, 0.2) is 0 Å². The summed E-state index contributed by atoms with van der Waals surface area (Å²) in [6.07, 6.45) is 8.99. The zero-order valence-corrected chi connectivity index (χ0v) is 16.4. The highest BCUT2D eigenvalue weighted by Gasteiger charge is 2.26. The van der Waals surface area contributed by atoms with Crippen LogP contribution in [0, 0.1) is 0 Å². The van der Waals surface area contributed by atoms with E-state index in [1.54, 1.807) is 25.4 Å². The van der Waals surface area contributed by atoms with Crippen molar-refractivity contribution in [3.63, 3.8) is 0 Å². The van der Waals surface area contributed by atoms with Crippen molar-refractivity contribution < 1.29 is 14.3 Å². The predicted molar refractivity (Wildman–Crippen MR) is 107 cm³/mol. The lowest BCUT2D eigenvalue weighted by Crippen LogP contribution is -2.27. The Kier molecular flexibility index (Phi) is 6.95. The van der Waals surface area contributed by atoms with E-state index in [-0.39, 0.29) is 11.8 Å². The highest BCUT2D eigenvalue weighted by molar-refractivity contribution is 7.17. The molecule has 1 aliphatic rings. The molecule has 0 saturated heterocycles. The fraction of sp³-hybridized carbons (Fsp3) is 0.450. The van der Waals surface area contributed by atoms with Gasteiger partial charge in [-0.25, -0.2) is 0 Å². The van der Waals surface area contributed by atoms with Crippen LogP contribution in [0.4, 0.5) is 5.00 Å². The second kappa shape index (κ2) is 9.62. The van der Waals surface area contributed by atoms with Crippen molar-refractivity contribution in [3.8, 4) is 0 Å². The number of anilines is 1. The summed E-state index contributed by atoms with van der Waals surface area (Å²) in [5.74, 6) is -0.343. The van der Waals surface area contributed by atoms with Crippen LogP contribution in [-0.4, -0.2) is 37.1 Å². The van der Waals surface area contributed by atoms with Crippen LogP contribution >= 0.6 is 11.3 Å². The first-order valence-electron chi connectivity index (χ1n) is 9.33. The molecular weight excluding hydrogens is 362 g/mol. The van der Waals surface area contributed by atoms with E-state index in [1.807, 2.05) is 0 Å². The van der Waals surface area contributed by atoms with Crippen LogP contribution in [0.2, 0.25) is 0 Å². The Morgan fingerprint density at radius 2 is 2.07 bits per heavy atom. The quantitative estimate of drug-likeness (QED) is 0.680. The van der Waals surface area contributed by atoms with E-state index in [0.29, 0.717) is 29.3 Å². The van der Waals surface area contributed by atoms with Crippen molar-refractivity contribution in [3.05, 3.63) is 46.1 Å². The Bertz CT molecular complexity index is 789. The minimum absolute atomic E-state index is 0.103. The summed E-state index contributed by atoms with van der Waals surface area (Å²) in [6.45, 7) is 1.29. The van der Waals surface area contributed by atoms with Crippen LogP contribution in [0.25, 0.3) is 0 Å². The van der Waals surface area contributed by atoms with E-state index in [1.165, 1.54) is 22.4 Å². The monoisotopic (exact) mass is 387 g/mol. The van der Waals surface area contributed by atoms with Crippen molar-refractivity contribution >= 4 is 28.2 Å². The number of carbonyl (C=O) groups excluding carboxylic acids is 2. The van der Waals surface area contributed by atoms with Gasteiger partial charge in [-0.15, -0.1) is 11.3 Å². The smallest absolute Gasteiger partial charge is 0.257 e. The summed E-state index contributed by atoms with van der Waals surface area (Å²) < 4.78 is 5.04. The van der Waals surface area contributed by atoms with Crippen LogP contribution in [0.3, 0.4) is 0 Å². The third-order valence-electron chi connectivity index (χ3n) is 4.61. The van der Waals surface area contributed by atoms with Gasteiger partial charge in [0.05, 0.1) is 11.1 Å². The van der Waals surface area contributed by atoms with Gasteiger partial charge >= 0.3 is 0 Å². The minimum Gasteiger partial charge on any atom is -0.385 e. The zero-order chi connectivity index (χ0) is 19.1. The van der Waals surface area contributed by atoms with Gasteiger partial charge in [-0.3, -0.25) is 14.6 Å². The molecule has 0 unspecified atom stereocenters. The third-order valence-corrected chi connectivity index (χ3v) is 5.82. The lowest BCUT2D eigenvalue weighted by Gasteiger charge is -2.13. The molecule has 6 nitrogen and oxygen atoms in total. The Morgan fingerprint density at radius 1 is 1.22 bits per heavy atom. The molecule has 0 aliphatic heterocycles. The maximum atomic E-state index is 12.8. The second-order valence-corrected chi connectivity index (χ2v) is 7.67. The number of thiophene rings is 1. The highest BCUT2D eigenvalue weighted by atomic mass is 32.1. The van der Waals surface area contributed by atoms with Gasteiger partial charge in [-0.1, -0.05) is 0 Å². The molecule has 2 aromatic heterocycles. The number of carbonyl (C=O) groups is 2. The molecule has 0 saturated carbocycles. The number of methoxy groups -OCH3 is 1. The van der Waals surface area contributed by atoms with Crippen LogP contribution in [-0.2, 0) is 17.6 Å². The number of fused-ring (bicyclic) bond motifs is 1. The molecule has 2 aromatic rings. The first kappa shape index (κ1) is 19.5. The standard InChI is InChI=1S/C20H25N3O3S/c1-26-12-5-4-11-22-19(25)17-15-8-2-3-9-16(15)27-20(17)23-18(24)14-7-6-10-21-13-14/h6-7,10,13H,2-5,8-9,11-12H2,1H3,(H,22,25)(H,23,24). The molecule has 2 heterocycles. The van der Waals surface area contributed by atoms with Gasteiger partial charge < -0.3 is 15.4 Å². The maximum Gasteiger partial charge on any atom is 0.257 e. The first-order chi connectivity index (χ1) is 13.2. The van der Waals surface area contributed by atoms with Gasteiger partial charge in [0.1, 0.15) is 5.00 Å². The first-order valence-corrected chi connectivity index (χ1v) is 10.2. The number of hydrogen-bond donors (Lipinski definition) is 2. The summed E-state index contributed by atoms with van der Waals surface area (Å²) in [6, 6.07) is 3.44. The molecule has 7 heteroatoms. The number of nitrogens with zero attached hydrogens (tertiary/aromatic N) is 1. The van der Waals surface area contributed by atoms with Gasteiger partial charge in [0, 0.05) is 37.5 Å². The SMILES string of the molecule is COCCCCNC(=O)c1c(NC(=O)c2cccnc2)sc2c1CCCC2. The van der Waals surface area contributed by atoms with Crippen LogP contribution in [0.5, 0.6) is 0 Å². The summed E-state index contributed by atoms with van der Waals surface area (Å²) in [4.78, 5) is 30.6. The van der Waals surface area contributed by atoms with E-state index in [4.69, 9.17) is 4.74 Å². The molecule has 0 atom stereocenters. The van der Waals surface area contributed by atoms with Crippen molar-refractivity contribution in [2.45, 2.75) is 38.5 Å². The van der Waals surface area contributed by atoms with Crippen LogP contribution < -0.4 is 10.6 Å². The van der Waals surface area contributed by atoms with Crippen molar-refractivity contribution in [1.29, 1.82) is 0 Å². The number of amides is 2. The number of aromatic nitrogens is 1. The minimum atomic E-state index is -0.240. The Balaban J connectivity index is 1.76. The predicted octanol–water partition coefficient (Wildman–Crippen LogP) is 3.43. The summed E-state index contributed by atoms with van der Waals surface area (Å²) in [5, 5.41) is 6.57. The van der Waals surface area contributed by atoms with Crippen molar-refractivity contribution in [1.82, 2.24) is 10.3 Å². The molecule has 2 N–H and O–H groups in total. The molecule has 0 aromatic carbocycles. The van der Waals surface area contributed by atoms with E-state index in [2.05, 4.69) is 15.6 Å². The Morgan fingerprint density at radius 3 is 2.85 bits per heavy atom. The third kappa shape index (κ3) is 4.93. The molecule has 1 aliphatic carbocycles. The zero-order valence-electron chi connectivity index (χ0n) is 15.5. The molecule has 0 bridgehead atoms. The number of aryl methyl sites for hydroxylation is 1. The number of hydrogen-bond acceptors (Lipinski definition) is 5. The average Bonchev–Trinajstić information content (AvgIpc) is 3.06. The Hall–Kier alpha value is -2.25. The Labute approximate surface area is 163 Å². The second-order valence-electron chi connectivity index (χ2n) is 6.57. The van der Waals surface area contributed by atoms with Crippen molar-refractivity contribution in [2.75, 3.05) is 25.6 Å². The number of unbranched alkanes of at least 4 members (excludes halogenated alkanes) is 1.